The molecule has 132 valence electrons. The summed E-state index contributed by atoms with van der Waals surface area (Å²) in [5.74, 6) is 1.13. The Bertz CT molecular complexity index is 615. The molecule has 1 aliphatic rings. The van der Waals surface area contributed by atoms with Gasteiger partial charge in [-0.1, -0.05) is 0 Å². The molecule has 6 heteroatoms. The quantitative estimate of drug-likeness (QED) is 0.827. The molecule has 1 heterocycles. The summed E-state index contributed by atoms with van der Waals surface area (Å²) in [7, 11) is 6.67. The molecular weight excluding hydrogens is 308 g/mol. The lowest BCUT2D eigenvalue weighted by Crippen LogP contribution is -2.47. The van der Waals surface area contributed by atoms with Crippen LogP contribution >= 0.6 is 0 Å². The summed E-state index contributed by atoms with van der Waals surface area (Å²) in [5.41, 5.74) is 0.841. The number of rotatable bonds is 5. The Morgan fingerprint density at radius 2 is 2.00 bits per heavy atom. The largest absolute Gasteiger partial charge is 0.497 e. The van der Waals surface area contributed by atoms with E-state index in [2.05, 4.69) is 0 Å². The summed E-state index contributed by atoms with van der Waals surface area (Å²) >= 11 is 0. The van der Waals surface area contributed by atoms with Crippen LogP contribution in [0, 0.1) is 5.92 Å². The highest BCUT2D eigenvalue weighted by Gasteiger charge is 2.41. The Kier molecular flexibility index (Phi) is 5.70. The van der Waals surface area contributed by atoms with Gasteiger partial charge in [0.1, 0.15) is 11.5 Å². The van der Waals surface area contributed by atoms with Crippen LogP contribution in [0.4, 0.5) is 0 Å². The minimum Gasteiger partial charge on any atom is -0.497 e. The molecule has 1 saturated heterocycles. The average Bonchev–Trinajstić information content (AvgIpc) is 2.60. The fourth-order valence-corrected chi connectivity index (χ4v) is 3.36. The van der Waals surface area contributed by atoms with Crippen LogP contribution in [-0.2, 0) is 9.59 Å². The van der Waals surface area contributed by atoms with E-state index in [1.807, 2.05) is 19.1 Å². The molecule has 6 nitrogen and oxygen atoms in total. The summed E-state index contributed by atoms with van der Waals surface area (Å²) in [5, 5.41) is 0. The first-order valence-electron chi connectivity index (χ1n) is 8.17. The van der Waals surface area contributed by atoms with Gasteiger partial charge in [-0.15, -0.1) is 0 Å². The zero-order chi connectivity index (χ0) is 17.9. The van der Waals surface area contributed by atoms with E-state index in [1.165, 1.54) is 0 Å². The zero-order valence-corrected chi connectivity index (χ0v) is 15.0. The Balaban J connectivity index is 2.53. The van der Waals surface area contributed by atoms with Crippen molar-refractivity contribution < 1.29 is 19.1 Å². The lowest BCUT2D eigenvalue weighted by molar-refractivity contribution is -0.146. The molecule has 0 spiro atoms. The van der Waals surface area contributed by atoms with Crippen LogP contribution in [0.3, 0.4) is 0 Å². The van der Waals surface area contributed by atoms with Gasteiger partial charge in [-0.05, 0) is 25.5 Å². The van der Waals surface area contributed by atoms with Crippen LogP contribution in [0.5, 0.6) is 11.5 Å². The number of hydrogen-bond acceptors (Lipinski definition) is 4. The lowest BCUT2D eigenvalue weighted by Gasteiger charge is -2.41. The van der Waals surface area contributed by atoms with Crippen LogP contribution in [0.25, 0.3) is 0 Å². The zero-order valence-electron chi connectivity index (χ0n) is 15.0. The van der Waals surface area contributed by atoms with Crippen molar-refractivity contribution >= 4 is 11.8 Å². The van der Waals surface area contributed by atoms with E-state index in [-0.39, 0.29) is 23.8 Å². The molecule has 24 heavy (non-hydrogen) atoms. The molecule has 1 aromatic rings. The summed E-state index contributed by atoms with van der Waals surface area (Å²) in [6.07, 6.45) is 0.944. The molecule has 2 atom stereocenters. The molecule has 0 radical (unpaired) electrons. The van der Waals surface area contributed by atoms with Gasteiger partial charge in [-0.2, -0.15) is 0 Å². The van der Waals surface area contributed by atoms with Crippen LogP contribution in [0.1, 0.15) is 31.4 Å². The van der Waals surface area contributed by atoms with Gasteiger partial charge in [0.2, 0.25) is 11.8 Å². The van der Waals surface area contributed by atoms with E-state index < -0.39 is 0 Å². The number of carbonyl (C=O) groups is 2. The number of piperidine rings is 1. The van der Waals surface area contributed by atoms with Gasteiger partial charge < -0.3 is 19.3 Å². The summed E-state index contributed by atoms with van der Waals surface area (Å²) in [6.45, 7) is 2.49. The van der Waals surface area contributed by atoms with Crippen LogP contribution in [0.15, 0.2) is 18.2 Å². The normalized spacial score (nSPS) is 20.7. The number of carbonyl (C=O) groups excluding carboxylic acids is 2. The monoisotopic (exact) mass is 334 g/mol. The lowest BCUT2D eigenvalue weighted by atomic mass is 9.83. The van der Waals surface area contributed by atoms with E-state index in [9.17, 15) is 9.59 Å². The maximum absolute atomic E-state index is 12.7. The number of hydrogen-bond donors (Lipinski definition) is 0. The summed E-state index contributed by atoms with van der Waals surface area (Å²) in [6, 6.07) is 5.19. The van der Waals surface area contributed by atoms with Crippen molar-refractivity contribution in [3.63, 3.8) is 0 Å². The molecular formula is C18H26N2O4. The Morgan fingerprint density at radius 3 is 2.54 bits per heavy atom. The Morgan fingerprint density at radius 1 is 1.29 bits per heavy atom. The molecule has 2 rings (SSSR count). The number of benzene rings is 1. The van der Waals surface area contributed by atoms with Crippen molar-refractivity contribution in [2.45, 2.75) is 25.8 Å². The maximum Gasteiger partial charge on any atom is 0.227 e. The first-order chi connectivity index (χ1) is 11.4. The number of amides is 2. The SMILES string of the molecule is CCN1C(=O)CC[C@@H](C(=O)N(C)C)[C@@H]1c1ccc(OC)cc1OC. The number of likely N-dealkylation sites (tertiary alicyclic amines) is 1. The molecule has 1 aliphatic heterocycles. The smallest absolute Gasteiger partial charge is 0.227 e. The fourth-order valence-electron chi connectivity index (χ4n) is 3.36. The second kappa shape index (κ2) is 7.55. The van der Waals surface area contributed by atoms with Gasteiger partial charge in [0.25, 0.3) is 0 Å². The van der Waals surface area contributed by atoms with E-state index >= 15 is 0 Å². The van der Waals surface area contributed by atoms with Crippen molar-refractivity contribution in [2.75, 3.05) is 34.9 Å². The molecule has 0 unspecified atom stereocenters. The van der Waals surface area contributed by atoms with E-state index in [0.29, 0.717) is 30.9 Å². The molecule has 1 aromatic carbocycles. The third-order valence-electron chi connectivity index (χ3n) is 4.56. The van der Waals surface area contributed by atoms with Gasteiger partial charge in [0, 0.05) is 38.7 Å². The minimum absolute atomic E-state index is 0.0313. The third kappa shape index (κ3) is 3.32. The van der Waals surface area contributed by atoms with Gasteiger partial charge in [0.15, 0.2) is 0 Å². The fraction of sp³-hybridized carbons (Fsp3) is 0.556. The molecule has 2 amide bonds. The summed E-state index contributed by atoms with van der Waals surface area (Å²) in [4.78, 5) is 28.5. The first-order valence-corrected chi connectivity index (χ1v) is 8.17. The van der Waals surface area contributed by atoms with Crippen LogP contribution in [0.2, 0.25) is 0 Å². The predicted octanol–water partition coefficient (Wildman–Crippen LogP) is 2.09. The number of ether oxygens (including phenoxy) is 2. The Hall–Kier alpha value is -2.24. The van der Waals surface area contributed by atoms with E-state index in [4.69, 9.17) is 9.47 Å². The molecule has 0 N–H and O–H groups in total. The van der Waals surface area contributed by atoms with Gasteiger partial charge in [-0.25, -0.2) is 0 Å². The Labute approximate surface area is 143 Å². The minimum atomic E-state index is -0.327. The number of nitrogens with zero attached hydrogens (tertiary/aromatic N) is 2. The van der Waals surface area contributed by atoms with Gasteiger partial charge >= 0.3 is 0 Å². The first kappa shape index (κ1) is 18.1. The van der Waals surface area contributed by atoms with Crippen LogP contribution < -0.4 is 9.47 Å². The van der Waals surface area contributed by atoms with Crippen molar-refractivity contribution in [1.29, 1.82) is 0 Å². The van der Waals surface area contributed by atoms with Crippen molar-refractivity contribution in [3.8, 4) is 11.5 Å². The second-order valence-electron chi connectivity index (χ2n) is 6.11. The highest BCUT2D eigenvalue weighted by Crippen LogP contribution is 2.42. The van der Waals surface area contributed by atoms with Crippen molar-refractivity contribution in [3.05, 3.63) is 23.8 Å². The van der Waals surface area contributed by atoms with Gasteiger partial charge in [-0.3, -0.25) is 9.59 Å². The van der Waals surface area contributed by atoms with Crippen LogP contribution in [-0.4, -0.2) is 56.5 Å². The van der Waals surface area contributed by atoms with Crippen molar-refractivity contribution in [1.82, 2.24) is 9.80 Å². The van der Waals surface area contributed by atoms with Gasteiger partial charge in [0.05, 0.1) is 26.2 Å². The predicted molar refractivity (Wildman–Crippen MR) is 91.1 cm³/mol. The maximum atomic E-state index is 12.7. The molecule has 0 aliphatic carbocycles. The molecule has 0 saturated carbocycles. The highest BCUT2D eigenvalue weighted by atomic mass is 16.5. The van der Waals surface area contributed by atoms with E-state index in [0.717, 1.165) is 5.56 Å². The topological polar surface area (TPSA) is 59.1 Å². The highest BCUT2D eigenvalue weighted by molar-refractivity contribution is 5.85. The second-order valence-corrected chi connectivity index (χ2v) is 6.11. The standard InChI is InChI=1S/C18H26N2O4/c1-6-20-16(21)10-9-14(18(22)19(2)3)17(20)13-8-7-12(23-4)11-15(13)24-5/h7-8,11,14,17H,6,9-10H2,1-5H3/t14-,17+/m1/s1. The molecule has 1 fully saturated rings. The van der Waals surface area contributed by atoms with Crippen molar-refractivity contribution in [2.24, 2.45) is 5.92 Å². The van der Waals surface area contributed by atoms with E-state index in [1.54, 1.807) is 44.2 Å². The molecule has 0 bridgehead atoms. The average molecular weight is 334 g/mol. The third-order valence-corrected chi connectivity index (χ3v) is 4.56. The molecule has 0 aromatic heterocycles. The number of methoxy groups -OCH3 is 2. The summed E-state index contributed by atoms with van der Waals surface area (Å²) < 4.78 is 10.8.